The lowest BCUT2D eigenvalue weighted by atomic mass is 10.1. The molecule has 0 aromatic heterocycles. The molecular weight excluding hydrogens is 270 g/mol. The Labute approximate surface area is 133 Å². The Balaban J connectivity index is 1.68. The van der Waals surface area contributed by atoms with Crippen LogP contribution in [0.15, 0.2) is 54.6 Å². The number of hydrogen-bond donors (Lipinski definition) is 1. The third kappa shape index (κ3) is 5.72. The van der Waals surface area contributed by atoms with Crippen LogP contribution in [0.5, 0.6) is 0 Å². The molecule has 2 aromatic carbocycles. The fraction of sp³-hybridized carbons (Fsp3) is 0.350. The van der Waals surface area contributed by atoms with Gasteiger partial charge in [0.1, 0.15) is 0 Å². The van der Waals surface area contributed by atoms with Gasteiger partial charge in [0.05, 0.1) is 0 Å². The predicted octanol–water partition coefficient (Wildman–Crippen LogP) is 4.07. The van der Waals surface area contributed by atoms with E-state index < -0.39 is 0 Å². The van der Waals surface area contributed by atoms with Crippen LogP contribution in [0.3, 0.4) is 0 Å². The summed E-state index contributed by atoms with van der Waals surface area (Å²) in [6, 6.07) is 19.0. The fourth-order valence-electron chi connectivity index (χ4n) is 2.46. The number of benzene rings is 2. The molecular formula is C20H25NO. The number of rotatable bonds is 7. The van der Waals surface area contributed by atoms with Gasteiger partial charge in [-0.25, -0.2) is 0 Å². The quantitative estimate of drug-likeness (QED) is 0.820. The molecule has 0 fully saturated rings. The van der Waals surface area contributed by atoms with Crippen molar-refractivity contribution in [2.24, 2.45) is 0 Å². The smallest absolute Gasteiger partial charge is 0.220 e. The molecule has 0 unspecified atom stereocenters. The summed E-state index contributed by atoms with van der Waals surface area (Å²) in [7, 11) is 0. The Morgan fingerprint density at radius 2 is 1.59 bits per heavy atom. The summed E-state index contributed by atoms with van der Waals surface area (Å²) in [5.41, 5.74) is 3.80. The zero-order valence-electron chi connectivity index (χ0n) is 13.5. The van der Waals surface area contributed by atoms with Crippen LogP contribution in [-0.2, 0) is 17.6 Å². The average Bonchev–Trinajstić information content (AvgIpc) is 2.53. The highest BCUT2D eigenvalue weighted by Crippen LogP contribution is 2.07. The second-order valence-corrected chi connectivity index (χ2v) is 5.98. The molecule has 0 aliphatic carbocycles. The molecule has 1 amide bonds. The maximum Gasteiger partial charge on any atom is 0.220 e. The molecule has 0 bridgehead atoms. The molecule has 22 heavy (non-hydrogen) atoms. The molecule has 1 N–H and O–H groups in total. The van der Waals surface area contributed by atoms with E-state index in [4.69, 9.17) is 0 Å². The second-order valence-electron chi connectivity index (χ2n) is 5.98. The largest absolute Gasteiger partial charge is 0.354 e. The van der Waals surface area contributed by atoms with Crippen LogP contribution in [0, 0.1) is 6.92 Å². The van der Waals surface area contributed by atoms with E-state index >= 15 is 0 Å². The molecule has 2 nitrogen and oxygen atoms in total. The van der Waals surface area contributed by atoms with Gasteiger partial charge in [-0.2, -0.15) is 0 Å². The van der Waals surface area contributed by atoms with E-state index in [1.54, 1.807) is 0 Å². The summed E-state index contributed by atoms with van der Waals surface area (Å²) in [6.45, 7) is 4.15. The highest BCUT2D eigenvalue weighted by molar-refractivity contribution is 5.76. The standard InChI is InChI=1S/C20H25NO/c1-16-8-11-19(12-9-16)14-15-20(22)21-17(2)10-13-18-6-4-3-5-7-18/h3-9,11-12,17H,10,13-15H2,1-2H3,(H,21,22)/t17-/m1/s1. The number of carbonyl (C=O) groups excluding carboxylic acids is 1. The van der Waals surface area contributed by atoms with E-state index in [-0.39, 0.29) is 11.9 Å². The van der Waals surface area contributed by atoms with Gasteiger partial charge in [0.2, 0.25) is 5.91 Å². The summed E-state index contributed by atoms with van der Waals surface area (Å²) < 4.78 is 0. The van der Waals surface area contributed by atoms with Crippen LogP contribution in [0.4, 0.5) is 0 Å². The number of hydrogen-bond acceptors (Lipinski definition) is 1. The molecule has 0 aliphatic rings. The van der Waals surface area contributed by atoms with Crippen LogP contribution in [0.25, 0.3) is 0 Å². The Morgan fingerprint density at radius 3 is 2.27 bits per heavy atom. The highest BCUT2D eigenvalue weighted by atomic mass is 16.1. The zero-order valence-corrected chi connectivity index (χ0v) is 13.5. The molecule has 0 saturated carbocycles. The fourth-order valence-corrected chi connectivity index (χ4v) is 2.46. The first-order valence-electron chi connectivity index (χ1n) is 8.02. The van der Waals surface area contributed by atoms with Gasteiger partial charge in [0.25, 0.3) is 0 Å². The van der Waals surface area contributed by atoms with Gasteiger partial charge in [-0.15, -0.1) is 0 Å². The zero-order chi connectivity index (χ0) is 15.8. The van der Waals surface area contributed by atoms with Gasteiger partial charge in [-0.05, 0) is 44.2 Å². The summed E-state index contributed by atoms with van der Waals surface area (Å²) >= 11 is 0. The van der Waals surface area contributed by atoms with Gasteiger partial charge in [-0.1, -0.05) is 60.2 Å². The molecule has 2 rings (SSSR count). The van der Waals surface area contributed by atoms with E-state index in [0.29, 0.717) is 6.42 Å². The Hall–Kier alpha value is -2.09. The predicted molar refractivity (Wildman–Crippen MR) is 91.9 cm³/mol. The number of amides is 1. The van der Waals surface area contributed by atoms with Crippen LogP contribution in [0.2, 0.25) is 0 Å². The molecule has 1 atom stereocenters. The van der Waals surface area contributed by atoms with Crippen molar-refractivity contribution < 1.29 is 4.79 Å². The van der Waals surface area contributed by atoms with Crippen molar-refractivity contribution in [2.45, 2.75) is 45.6 Å². The third-order valence-electron chi connectivity index (χ3n) is 3.88. The number of carbonyl (C=O) groups is 1. The number of aryl methyl sites for hydroxylation is 3. The molecule has 0 heterocycles. The first-order valence-corrected chi connectivity index (χ1v) is 8.02. The summed E-state index contributed by atoms with van der Waals surface area (Å²) in [5.74, 6) is 0.140. The van der Waals surface area contributed by atoms with Crippen molar-refractivity contribution in [3.63, 3.8) is 0 Å². The summed E-state index contributed by atoms with van der Waals surface area (Å²) in [4.78, 5) is 12.0. The second kappa shape index (κ2) is 8.38. The van der Waals surface area contributed by atoms with Crippen molar-refractivity contribution in [1.82, 2.24) is 5.32 Å². The third-order valence-corrected chi connectivity index (χ3v) is 3.88. The Morgan fingerprint density at radius 1 is 0.955 bits per heavy atom. The van der Waals surface area contributed by atoms with E-state index in [2.05, 4.69) is 67.7 Å². The minimum atomic E-state index is 0.140. The molecule has 2 heteroatoms. The van der Waals surface area contributed by atoms with Crippen LogP contribution < -0.4 is 5.32 Å². The van der Waals surface area contributed by atoms with Gasteiger partial charge in [0, 0.05) is 12.5 Å². The van der Waals surface area contributed by atoms with Crippen molar-refractivity contribution in [3.8, 4) is 0 Å². The monoisotopic (exact) mass is 295 g/mol. The number of nitrogens with one attached hydrogen (secondary N) is 1. The molecule has 0 spiro atoms. The van der Waals surface area contributed by atoms with E-state index in [1.807, 2.05) is 6.07 Å². The highest BCUT2D eigenvalue weighted by Gasteiger charge is 2.07. The van der Waals surface area contributed by atoms with Crippen LogP contribution in [-0.4, -0.2) is 11.9 Å². The normalized spacial score (nSPS) is 11.9. The Bertz CT molecular complexity index is 574. The average molecular weight is 295 g/mol. The lowest BCUT2D eigenvalue weighted by Crippen LogP contribution is -2.33. The van der Waals surface area contributed by atoms with Crippen LogP contribution >= 0.6 is 0 Å². The summed E-state index contributed by atoms with van der Waals surface area (Å²) in [5, 5.41) is 3.09. The first-order chi connectivity index (χ1) is 10.6. The SMILES string of the molecule is Cc1ccc(CCC(=O)N[C@H](C)CCc2ccccc2)cc1. The maximum absolute atomic E-state index is 12.0. The lowest BCUT2D eigenvalue weighted by Gasteiger charge is -2.14. The molecule has 116 valence electrons. The van der Waals surface area contributed by atoms with Gasteiger partial charge < -0.3 is 5.32 Å². The molecule has 0 radical (unpaired) electrons. The maximum atomic E-state index is 12.0. The molecule has 0 aliphatic heterocycles. The molecule has 0 saturated heterocycles. The van der Waals surface area contributed by atoms with Gasteiger partial charge >= 0.3 is 0 Å². The molecule has 2 aromatic rings. The van der Waals surface area contributed by atoms with E-state index in [1.165, 1.54) is 16.7 Å². The van der Waals surface area contributed by atoms with Gasteiger partial charge in [0.15, 0.2) is 0 Å². The van der Waals surface area contributed by atoms with Crippen molar-refractivity contribution in [2.75, 3.05) is 0 Å². The van der Waals surface area contributed by atoms with Crippen molar-refractivity contribution >= 4 is 5.91 Å². The summed E-state index contributed by atoms with van der Waals surface area (Å²) in [6.07, 6.45) is 3.33. The minimum absolute atomic E-state index is 0.140. The van der Waals surface area contributed by atoms with E-state index in [9.17, 15) is 4.79 Å². The van der Waals surface area contributed by atoms with Crippen molar-refractivity contribution in [1.29, 1.82) is 0 Å². The van der Waals surface area contributed by atoms with Gasteiger partial charge in [-0.3, -0.25) is 4.79 Å². The Kier molecular flexibility index (Phi) is 6.20. The minimum Gasteiger partial charge on any atom is -0.354 e. The van der Waals surface area contributed by atoms with Crippen molar-refractivity contribution in [3.05, 3.63) is 71.3 Å². The first kappa shape index (κ1) is 16.3. The van der Waals surface area contributed by atoms with Crippen LogP contribution in [0.1, 0.15) is 36.5 Å². The van der Waals surface area contributed by atoms with E-state index in [0.717, 1.165) is 19.3 Å². The topological polar surface area (TPSA) is 29.1 Å². The lowest BCUT2D eigenvalue weighted by molar-refractivity contribution is -0.121.